The smallest absolute Gasteiger partial charge is 0.00190 e. The first kappa shape index (κ1) is 10.5. The Hall–Kier alpha value is -0.560. The van der Waals surface area contributed by atoms with E-state index in [0.29, 0.717) is 0 Å². The van der Waals surface area contributed by atoms with Crippen LogP contribution in [0, 0.1) is 5.92 Å². The summed E-state index contributed by atoms with van der Waals surface area (Å²) < 4.78 is 0. The minimum Gasteiger partial charge on any atom is -0.306 e. The summed E-state index contributed by atoms with van der Waals surface area (Å²) in [7, 11) is 2.21. The van der Waals surface area contributed by atoms with Gasteiger partial charge >= 0.3 is 0 Å². The third-order valence-electron chi connectivity index (χ3n) is 2.91. The van der Waals surface area contributed by atoms with Gasteiger partial charge in [-0.3, -0.25) is 0 Å². The molecule has 1 heterocycles. The molecule has 0 aromatic rings. The lowest BCUT2D eigenvalue weighted by Crippen LogP contribution is -2.18. The van der Waals surface area contributed by atoms with Crippen LogP contribution < -0.4 is 0 Å². The number of rotatable bonds is 3. The van der Waals surface area contributed by atoms with Crippen molar-refractivity contribution in [3.05, 3.63) is 24.8 Å². The zero-order valence-electron chi connectivity index (χ0n) is 8.76. The van der Waals surface area contributed by atoms with Crippen molar-refractivity contribution >= 4 is 0 Å². The first-order chi connectivity index (χ1) is 6.22. The van der Waals surface area contributed by atoms with Crippen molar-refractivity contribution in [3.63, 3.8) is 0 Å². The zero-order chi connectivity index (χ0) is 9.68. The number of hydrogen-bond acceptors (Lipinski definition) is 1. The minimum atomic E-state index is 0.843. The Balaban J connectivity index is 2.33. The molecule has 0 saturated carbocycles. The Labute approximate surface area is 82.1 Å². The van der Waals surface area contributed by atoms with Gasteiger partial charge in [0.2, 0.25) is 0 Å². The summed E-state index contributed by atoms with van der Waals surface area (Å²) in [4.78, 5) is 2.43. The Morgan fingerprint density at radius 2 is 2.23 bits per heavy atom. The normalized spacial score (nSPS) is 25.2. The number of nitrogens with zero attached hydrogens (tertiary/aromatic N) is 1. The Morgan fingerprint density at radius 3 is 2.92 bits per heavy atom. The van der Waals surface area contributed by atoms with Gasteiger partial charge in [0, 0.05) is 0 Å². The molecule has 0 radical (unpaired) electrons. The lowest BCUT2D eigenvalue weighted by atomic mass is 9.93. The molecule has 74 valence electrons. The van der Waals surface area contributed by atoms with E-state index in [0.717, 1.165) is 12.3 Å². The second-order valence-electron chi connectivity index (χ2n) is 4.17. The molecule has 0 aromatic heterocycles. The van der Waals surface area contributed by atoms with Gasteiger partial charge in [0.05, 0.1) is 0 Å². The van der Waals surface area contributed by atoms with E-state index < -0.39 is 0 Å². The van der Waals surface area contributed by atoms with E-state index >= 15 is 0 Å². The van der Waals surface area contributed by atoms with E-state index in [1.807, 2.05) is 6.08 Å². The van der Waals surface area contributed by atoms with Crippen molar-refractivity contribution in [1.82, 2.24) is 4.90 Å². The van der Waals surface area contributed by atoms with Gasteiger partial charge in [-0.05, 0) is 51.7 Å². The summed E-state index contributed by atoms with van der Waals surface area (Å²) >= 11 is 0. The highest BCUT2D eigenvalue weighted by molar-refractivity contribution is 5.11. The van der Waals surface area contributed by atoms with Gasteiger partial charge in [0.15, 0.2) is 0 Å². The molecular weight excluding hydrogens is 158 g/mol. The zero-order valence-corrected chi connectivity index (χ0v) is 8.76. The molecule has 0 amide bonds. The molecule has 0 N–H and O–H groups in total. The Kier molecular flexibility index (Phi) is 4.23. The van der Waals surface area contributed by atoms with Crippen LogP contribution in [-0.2, 0) is 0 Å². The van der Waals surface area contributed by atoms with E-state index in [-0.39, 0.29) is 0 Å². The second kappa shape index (κ2) is 5.23. The fourth-order valence-corrected chi connectivity index (χ4v) is 1.97. The maximum absolute atomic E-state index is 3.99. The van der Waals surface area contributed by atoms with Crippen LogP contribution in [0.5, 0.6) is 0 Å². The summed E-state index contributed by atoms with van der Waals surface area (Å²) in [5.74, 6) is 0.843. The standard InChI is InChI=1S/C12H21N/c1-4-11(2)10-12-6-5-8-13(3)9-7-12/h4,12H,1-2,5-10H2,3H3. The van der Waals surface area contributed by atoms with Crippen LogP contribution in [0.4, 0.5) is 0 Å². The van der Waals surface area contributed by atoms with E-state index in [1.54, 1.807) is 0 Å². The van der Waals surface area contributed by atoms with Crippen molar-refractivity contribution in [2.75, 3.05) is 20.1 Å². The van der Waals surface area contributed by atoms with Crippen LogP contribution in [-0.4, -0.2) is 25.0 Å². The predicted molar refractivity (Wildman–Crippen MR) is 58.8 cm³/mol. The Bertz CT molecular complexity index is 184. The minimum absolute atomic E-state index is 0.843. The number of allylic oxidation sites excluding steroid dienone is 2. The van der Waals surface area contributed by atoms with Gasteiger partial charge in [0.1, 0.15) is 0 Å². The number of hydrogen-bond donors (Lipinski definition) is 0. The molecule has 1 aliphatic rings. The summed E-state index contributed by atoms with van der Waals surface area (Å²) in [6.07, 6.45) is 7.07. The monoisotopic (exact) mass is 179 g/mol. The van der Waals surface area contributed by atoms with Crippen molar-refractivity contribution in [2.24, 2.45) is 5.92 Å². The molecule has 0 bridgehead atoms. The first-order valence-corrected chi connectivity index (χ1v) is 5.21. The molecule has 0 aromatic carbocycles. The quantitative estimate of drug-likeness (QED) is 0.602. The van der Waals surface area contributed by atoms with E-state index in [4.69, 9.17) is 0 Å². The van der Waals surface area contributed by atoms with Crippen LogP contribution in [0.25, 0.3) is 0 Å². The highest BCUT2D eigenvalue weighted by Gasteiger charge is 2.14. The maximum Gasteiger partial charge on any atom is -0.00190 e. The Morgan fingerprint density at radius 1 is 1.46 bits per heavy atom. The molecule has 1 fully saturated rings. The summed E-state index contributed by atoms with van der Waals surface area (Å²) in [5, 5.41) is 0. The van der Waals surface area contributed by atoms with Gasteiger partial charge in [-0.1, -0.05) is 24.8 Å². The predicted octanol–water partition coefficient (Wildman–Crippen LogP) is 2.85. The highest BCUT2D eigenvalue weighted by Crippen LogP contribution is 2.23. The molecule has 1 saturated heterocycles. The molecule has 0 spiro atoms. The van der Waals surface area contributed by atoms with Crippen LogP contribution in [0.3, 0.4) is 0 Å². The van der Waals surface area contributed by atoms with Gasteiger partial charge in [0.25, 0.3) is 0 Å². The van der Waals surface area contributed by atoms with Crippen molar-refractivity contribution < 1.29 is 0 Å². The van der Waals surface area contributed by atoms with Crippen molar-refractivity contribution in [1.29, 1.82) is 0 Å². The average Bonchev–Trinajstić information content (AvgIpc) is 2.31. The maximum atomic E-state index is 3.99. The first-order valence-electron chi connectivity index (χ1n) is 5.21. The van der Waals surface area contributed by atoms with Crippen molar-refractivity contribution in [2.45, 2.75) is 25.7 Å². The van der Waals surface area contributed by atoms with Crippen molar-refractivity contribution in [3.8, 4) is 0 Å². The van der Waals surface area contributed by atoms with Crippen LogP contribution in [0.2, 0.25) is 0 Å². The molecule has 1 atom stereocenters. The third kappa shape index (κ3) is 3.77. The fourth-order valence-electron chi connectivity index (χ4n) is 1.97. The fraction of sp³-hybridized carbons (Fsp3) is 0.667. The number of likely N-dealkylation sites (tertiary alicyclic amines) is 1. The SMILES string of the molecule is C=CC(=C)CC1CCCN(C)CC1. The summed E-state index contributed by atoms with van der Waals surface area (Å²) in [6, 6.07) is 0. The molecule has 1 nitrogen and oxygen atoms in total. The molecule has 1 unspecified atom stereocenters. The second-order valence-corrected chi connectivity index (χ2v) is 4.17. The molecule has 1 aliphatic heterocycles. The van der Waals surface area contributed by atoms with E-state index in [1.165, 1.54) is 37.9 Å². The van der Waals surface area contributed by atoms with E-state index in [2.05, 4.69) is 25.1 Å². The largest absolute Gasteiger partial charge is 0.306 e. The van der Waals surface area contributed by atoms with Gasteiger partial charge in [-0.15, -0.1) is 0 Å². The van der Waals surface area contributed by atoms with Crippen LogP contribution in [0.1, 0.15) is 25.7 Å². The average molecular weight is 179 g/mol. The van der Waals surface area contributed by atoms with Gasteiger partial charge in [-0.25, -0.2) is 0 Å². The van der Waals surface area contributed by atoms with Gasteiger partial charge in [-0.2, -0.15) is 0 Å². The summed E-state index contributed by atoms with van der Waals surface area (Å²) in [6.45, 7) is 10.2. The molecule has 1 rings (SSSR count). The van der Waals surface area contributed by atoms with Crippen LogP contribution in [0.15, 0.2) is 24.8 Å². The third-order valence-corrected chi connectivity index (χ3v) is 2.91. The van der Waals surface area contributed by atoms with E-state index in [9.17, 15) is 0 Å². The van der Waals surface area contributed by atoms with Gasteiger partial charge < -0.3 is 4.90 Å². The molecule has 0 aliphatic carbocycles. The lowest BCUT2D eigenvalue weighted by molar-refractivity contribution is 0.341. The lowest BCUT2D eigenvalue weighted by Gasteiger charge is -2.14. The topological polar surface area (TPSA) is 3.24 Å². The molecule has 1 heteroatoms. The summed E-state index contributed by atoms with van der Waals surface area (Å²) in [5.41, 5.74) is 1.20. The van der Waals surface area contributed by atoms with Crippen LogP contribution >= 0.6 is 0 Å². The molecule has 13 heavy (non-hydrogen) atoms. The molecular formula is C12H21N. The highest BCUT2D eigenvalue weighted by atomic mass is 15.1.